The Balaban J connectivity index is 1.47. The van der Waals surface area contributed by atoms with E-state index in [4.69, 9.17) is 18.9 Å². The van der Waals surface area contributed by atoms with Gasteiger partial charge in [0, 0.05) is 6.54 Å². The van der Waals surface area contributed by atoms with E-state index in [1.54, 1.807) is 0 Å². The molecule has 2 heterocycles. The van der Waals surface area contributed by atoms with Crippen molar-refractivity contribution in [3.63, 3.8) is 0 Å². The molecule has 29 heavy (non-hydrogen) atoms. The number of nitrogens with zero attached hydrogens (tertiary/aromatic N) is 1. The molecule has 6 nitrogen and oxygen atoms in total. The molecule has 0 aromatic heterocycles. The quantitative estimate of drug-likeness (QED) is 0.716. The Labute approximate surface area is 171 Å². The van der Waals surface area contributed by atoms with Crippen LogP contribution >= 0.6 is 0 Å². The molecular formula is C23H29NO5. The lowest BCUT2D eigenvalue weighted by atomic mass is 10.0. The van der Waals surface area contributed by atoms with Crippen LogP contribution in [0.15, 0.2) is 60.7 Å². The molecule has 2 saturated heterocycles. The fourth-order valence-corrected chi connectivity index (χ4v) is 3.93. The van der Waals surface area contributed by atoms with Gasteiger partial charge < -0.3 is 24.2 Å². The maximum atomic E-state index is 10.7. The van der Waals surface area contributed by atoms with Gasteiger partial charge in [-0.25, -0.2) is 0 Å². The van der Waals surface area contributed by atoms with Crippen molar-refractivity contribution in [1.29, 1.82) is 0 Å². The number of hydrogen-bond acceptors (Lipinski definition) is 6. The maximum absolute atomic E-state index is 10.7. The minimum atomic E-state index is -0.721. The number of fused-ring (bicyclic) bond motifs is 1. The van der Waals surface area contributed by atoms with E-state index in [9.17, 15) is 5.21 Å². The van der Waals surface area contributed by atoms with Crippen molar-refractivity contribution in [2.24, 2.45) is 0 Å². The molecule has 2 aromatic rings. The van der Waals surface area contributed by atoms with Crippen LogP contribution in [0.3, 0.4) is 0 Å². The minimum Gasteiger partial charge on any atom is -0.368 e. The van der Waals surface area contributed by atoms with Crippen molar-refractivity contribution in [3.05, 3.63) is 71.8 Å². The summed E-state index contributed by atoms with van der Waals surface area (Å²) >= 11 is 0. The summed E-state index contributed by atoms with van der Waals surface area (Å²) in [5, 5.41) is 12.0. The van der Waals surface area contributed by atoms with Crippen LogP contribution < -0.4 is 0 Å². The summed E-state index contributed by atoms with van der Waals surface area (Å²) in [4.78, 5) is 0. The number of hydrogen-bond donors (Lipinski definition) is 1. The third-order valence-electron chi connectivity index (χ3n) is 5.45. The highest BCUT2D eigenvalue weighted by atomic mass is 16.8. The van der Waals surface area contributed by atoms with E-state index in [2.05, 4.69) is 0 Å². The van der Waals surface area contributed by atoms with E-state index < -0.39 is 18.2 Å². The number of ether oxygens (including phenoxy) is 4. The highest BCUT2D eigenvalue weighted by Gasteiger charge is 2.57. The van der Waals surface area contributed by atoms with Crippen LogP contribution in [0.5, 0.6) is 0 Å². The van der Waals surface area contributed by atoms with Gasteiger partial charge in [-0.2, -0.15) is 5.06 Å². The molecule has 2 fully saturated rings. The molecule has 0 aliphatic carbocycles. The van der Waals surface area contributed by atoms with E-state index in [1.165, 1.54) is 5.06 Å². The molecule has 0 saturated carbocycles. The largest absolute Gasteiger partial charge is 0.368 e. The smallest absolute Gasteiger partial charge is 0.190 e. The summed E-state index contributed by atoms with van der Waals surface area (Å²) in [6, 6.07) is 19.5. The Morgan fingerprint density at radius 1 is 1.00 bits per heavy atom. The average Bonchev–Trinajstić information content (AvgIpc) is 3.19. The molecule has 2 aliphatic rings. The second-order valence-electron chi connectivity index (χ2n) is 8.15. The first-order valence-electron chi connectivity index (χ1n) is 10.1. The number of benzene rings is 2. The first kappa shape index (κ1) is 20.5. The van der Waals surface area contributed by atoms with Crippen LogP contribution in [0, 0.1) is 0 Å². The van der Waals surface area contributed by atoms with E-state index in [0.29, 0.717) is 13.2 Å². The predicted octanol–water partition coefficient (Wildman–Crippen LogP) is 3.73. The third-order valence-corrected chi connectivity index (χ3v) is 5.45. The molecule has 5 atom stereocenters. The first-order valence-corrected chi connectivity index (χ1v) is 10.1. The molecule has 0 amide bonds. The molecule has 2 aliphatic heterocycles. The van der Waals surface area contributed by atoms with Crippen molar-refractivity contribution in [1.82, 2.24) is 5.06 Å². The van der Waals surface area contributed by atoms with Gasteiger partial charge in [0.05, 0.1) is 12.6 Å². The molecule has 1 N–H and O–H groups in total. The van der Waals surface area contributed by atoms with Crippen molar-refractivity contribution in [2.75, 3.05) is 0 Å². The fourth-order valence-electron chi connectivity index (χ4n) is 3.93. The normalized spacial score (nSPS) is 29.1. The second-order valence-corrected chi connectivity index (χ2v) is 8.15. The summed E-state index contributed by atoms with van der Waals surface area (Å²) in [6.45, 7) is 6.51. The molecule has 0 spiro atoms. The van der Waals surface area contributed by atoms with Crippen LogP contribution in [-0.4, -0.2) is 46.7 Å². The SMILES string of the molecule is C[C@H]([C@H]1O[C@@H]2OC(C)(C)O[C@@H]2[C@H]1OCc1ccccc1)N(O)Cc1ccccc1. The van der Waals surface area contributed by atoms with Gasteiger partial charge >= 0.3 is 0 Å². The lowest BCUT2D eigenvalue weighted by Crippen LogP contribution is -2.47. The van der Waals surface area contributed by atoms with Gasteiger partial charge in [-0.05, 0) is 31.9 Å². The Kier molecular flexibility index (Phi) is 6.01. The summed E-state index contributed by atoms with van der Waals surface area (Å²) in [7, 11) is 0. The van der Waals surface area contributed by atoms with Crippen molar-refractivity contribution >= 4 is 0 Å². The highest BCUT2D eigenvalue weighted by Crippen LogP contribution is 2.40. The summed E-state index contributed by atoms with van der Waals surface area (Å²) < 4.78 is 24.4. The molecule has 6 heteroatoms. The van der Waals surface area contributed by atoms with Gasteiger partial charge in [0.25, 0.3) is 0 Å². The average molecular weight is 399 g/mol. The Morgan fingerprint density at radius 3 is 2.28 bits per heavy atom. The van der Waals surface area contributed by atoms with Crippen molar-refractivity contribution in [3.8, 4) is 0 Å². The molecule has 4 rings (SSSR count). The van der Waals surface area contributed by atoms with E-state index in [-0.39, 0.29) is 18.2 Å². The predicted molar refractivity (Wildman–Crippen MR) is 107 cm³/mol. The highest BCUT2D eigenvalue weighted by molar-refractivity contribution is 5.15. The lowest BCUT2D eigenvalue weighted by molar-refractivity contribution is -0.242. The molecule has 156 valence electrons. The van der Waals surface area contributed by atoms with Crippen LogP contribution in [-0.2, 0) is 32.1 Å². The van der Waals surface area contributed by atoms with Gasteiger partial charge in [-0.1, -0.05) is 60.7 Å². The van der Waals surface area contributed by atoms with E-state index in [1.807, 2.05) is 81.4 Å². The monoisotopic (exact) mass is 399 g/mol. The fraction of sp³-hybridized carbons (Fsp3) is 0.478. The van der Waals surface area contributed by atoms with Crippen LogP contribution in [0.1, 0.15) is 31.9 Å². The zero-order valence-electron chi connectivity index (χ0n) is 17.1. The summed E-state index contributed by atoms with van der Waals surface area (Å²) in [5.41, 5.74) is 2.10. The minimum absolute atomic E-state index is 0.308. The first-order chi connectivity index (χ1) is 13.9. The van der Waals surface area contributed by atoms with Crippen LogP contribution in [0.25, 0.3) is 0 Å². The molecule has 0 bridgehead atoms. The lowest BCUT2D eigenvalue weighted by Gasteiger charge is -2.33. The summed E-state index contributed by atoms with van der Waals surface area (Å²) in [6.07, 6.45) is -1.60. The molecule has 0 unspecified atom stereocenters. The van der Waals surface area contributed by atoms with Gasteiger partial charge in [-0.3, -0.25) is 0 Å². The number of hydroxylamine groups is 2. The molecule has 0 radical (unpaired) electrons. The molecule has 2 aromatic carbocycles. The second kappa shape index (κ2) is 8.52. The van der Waals surface area contributed by atoms with Crippen molar-refractivity contribution < 1.29 is 24.2 Å². The Bertz CT molecular complexity index is 784. The third kappa shape index (κ3) is 4.69. The number of rotatable bonds is 7. The van der Waals surface area contributed by atoms with Gasteiger partial charge in [0.2, 0.25) is 0 Å². The standard InChI is InChI=1S/C23H29NO5/c1-16(24(25)14-17-10-6-4-7-11-17)19-20(26-15-18-12-8-5-9-13-18)21-22(27-19)29-23(2,3)28-21/h4-13,16,19-22,25H,14-15H2,1-3H3/t16-,19-,20+,21-,22-/m1/s1. The topological polar surface area (TPSA) is 60.4 Å². The summed E-state index contributed by atoms with van der Waals surface area (Å²) in [5.74, 6) is -0.721. The van der Waals surface area contributed by atoms with Crippen LogP contribution in [0.2, 0.25) is 0 Å². The van der Waals surface area contributed by atoms with E-state index in [0.717, 1.165) is 11.1 Å². The van der Waals surface area contributed by atoms with Gasteiger partial charge in [-0.15, -0.1) is 0 Å². The van der Waals surface area contributed by atoms with E-state index >= 15 is 0 Å². The maximum Gasteiger partial charge on any atom is 0.190 e. The Morgan fingerprint density at radius 2 is 1.62 bits per heavy atom. The zero-order chi connectivity index (χ0) is 20.4. The Hall–Kier alpha value is -1.80. The van der Waals surface area contributed by atoms with Crippen LogP contribution in [0.4, 0.5) is 0 Å². The molecular weight excluding hydrogens is 370 g/mol. The van der Waals surface area contributed by atoms with Crippen molar-refractivity contribution in [2.45, 2.75) is 70.4 Å². The van der Waals surface area contributed by atoms with Gasteiger partial charge in [0.1, 0.15) is 18.3 Å². The van der Waals surface area contributed by atoms with Gasteiger partial charge in [0.15, 0.2) is 12.1 Å². The zero-order valence-corrected chi connectivity index (χ0v) is 17.1.